The highest BCUT2D eigenvalue weighted by molar-refractivity contribution is 7.09. The normalized spacial score (nSPS) is 11.8. The first-order valence-corrected chi connectivity index (χ1v) is 10.6. The van der Waals surface area contributed by atoms with E-state index in [2.05, 4.69) is 26.5 Å². The number of alkyl halides is 3. The molecule has 0 amide bonds. The second-order valence-electron chi connectivity index (χ2n) is 7.09. The van der Waals surface area contributed by atoms with Crippen LogP contribution in [0.25, 0.3) is 5.69 Å². The minimum atomic E-state index is -4.39. The van der Waals surface area contributed by atoms with Crippen LogP contribution in [0.1, 0.15) is 21.8 Å². The number of ether oxygens (including phenoxy) is 1. The Kier molecular flexibility index (Phi) is 6.52. The average Bonchev–Trinajstić information content (AvgIpc) is 3.46. The zero-order chi connectivity index (χ0) is 22.6. The Morgan fingerprint density at radius 3 is 2.44 bits per heavy atom. The molecule has 4 rings (SSSR count). The number of rotatable bonds is 8. The molecule has 0 aliphatic carbocycles. The van der Waals surface area contributed by atoms with Gasteiger partial charge in [0.05, 0.1) is 24.9 Å². The SMILES string of the molecule is COc1ccccc1CN(Cc1cccs1)Cc1nnnn1-c1ccc(C(F)(F)F)cc1. The molecule has 0 saturated carbocycles. The van der Waals surface area contributed by atoms with Crippen molar-refractivity contribution < 1.29 is 17.9 Å². The van der Waals surface area contributed by atoms with Crippen LogP contribution in [0.15, 0.2) is 66.0 Å². The molecule has 0 spiro atoms. The summed E-state index contributed by atoms with van der Waals surface area (Å²) in [6, 6.07) is 16.6. The maximum absolute atomic E-state index is 12.9. The average molecular weight is 459 g/mol. The van der Waals surface area contributed by atoms with Crippen molar-refractivity contribution in [3.05, 3.63) is 87.9 Å². The monoisotopic (exact) mass is 459 g/mol. The summed E-state index contributed by atoms with van der Waals surface area (Å²) in [6.07, 6.45) is -4.39. The van der Waals surface area contributed by atoms with E-state index >= 15 is 0 Å². The molecule has 0 atom stereocenters. The molecule has 0 bridgehead atoms. The number of halogens is 3. The molecule has 4 aromatic rings. The van der Waals surface area contributed by atoms with Crippen LogP contribution in [-0.4, -0.2) is 32.2 Å². The number of tetrazole rings is 1. The first-order valence-electron chi connectivity index (χ1n) is 9.75. The molecule has 2 aromatic heterocycles. The fourth-order valence-corrected chi connectivity index (χ4v) is 4.11. The van der Waals surface area contributed by atoms with Crippen molar-refractivity contribution in [1.29, 1.82) is 0 Å². The van der Waals surface area contributed by atoms with Gasteiger partial charge in [0.25, 0.3) is 0 Å². The molecule has 0 saturated heterocycles. The van der Waals surface area contributed by atoms with Gasteiger partial charge < -0.3 is 4.74 Å². The number of hydrogen-bond acceptors (Lipinski definition) is 6. The zero-order valence-corrected chi connectivity index (χ0v) is 18.0. The van der Waals surface area contributed by atoms with Crippen LogP contribution in [0.5, 0.6) is 5.75 Å². The summed E-state index contributed by atoms with van der Waals surface area (Å²) in [5.41, 5.74) is 0.762. The van der Waals surface area contributed by atoms with Crippen LogP contribution in [0.3, 0.4) is 0 Å². The summed E-state index contributed by atoms with van der Waals surface area (Å²) in [5.74, 6) is 1.31. The standard InChI is InChI=1S/C22H20F3N5OS/c1-31-20-7-3-2-5-16(20)13-29(14-19-6-4-12-32-19)15-21-26-27-28-30(21)18-10-8-17(9-11-18)22(23,24)25/h2-12H,13-15H2,1H3. The van der Waals surface area contributed by atoms with Crippen LogP contribution in [-0.2, 0) is 25.8 Å². The van der Waals surface area contributed by atoms with Crippen molar-refractivity contribution in [1.82, 2.24) is 25.1 Å². The Labute approximate surface area is 186 Å². The van der Waals surface area contributed by atoms with Gasteiger partial charge in [0, 0.05) is 23.5 Å². The van der Waals surface area contributed by atoms with Crippen molar-refractivity contribution in [3.8, 4) is 11.4 Å². The Morgan fingerprint density at radius 1 is 0.969 bits per heavy atom. The van der Waals surface area contributed by atoms with E-state index < -0.39 is 11.7 Å². The fraction of sp³-hybridized carbons (Fsp3) is 0.227. The lowest BCUT2D eigenvalue weighted by atomic mass is 10.2. The topological polar surface area (TPSA) is 56.1 Å². The maximum Gasteiger partial charge on any atom is 0.416 e. The predicted molar refractivity (Wildman–Crippen MR) is 114 cm³/mol. The van der Waals surface area contributed by atoms with E-state index in [4.69, 9.17) is 4.74 Å². The van der Waals surface area contributed by atoms with E-state index in [0.29, 0.717) is 31.1 Å². The molecule has 0 radical (unpaired) electrons. The van der Waals surface area contributed by atoms with E-state index in [-0.39, 0.29) is 0 Å². The number of hydrogen-bond donors (Lipinski definition) is 0. The minimum Gasteiger partial charge on any atom is -0.496 e. The van der Waals surface area contributed by atoms with Gasteiger partial charge >= 0.3 is 6.18 Å². The number of thiophene rings is 1. The number of para-hydroxylation sites is 1. The van der Waals surface area contributed by atoms with Gasteiger partial charge in [-0.05, 0) is 52.2 Å². The van der Waals surface area contributed by atoms with Crippen LogP contribution >= 0.6 is 11.3 Å². The third kappa shape index (κ3) is 5.14. The van der Waals surface area contributed by atoms with Gasteiger partial charge in [-0.15, -0.1) is 16.4 Å². The van der Waals surface area contributed by atoms with Gasteiger partial charge in [-0.25, -0.2) is 0 Å². The highest BCUT2D eigenvalue weighted by Crippen LogP contribution is 2.30. The molecule has 6 nitrogen and oxygen atoms in total. The Balaban J connectivity index is 1.60. The first-order chi connectivity index (χ1) is 15.4. The summed E-state index contributed by atoms with van der Waals surface area (Å²) >= 11 is 1.65. The highest BCUT2D eigenvalue weighted by atomic mass is 32.1. The largest absolute Gasteiger partial charge is 0.496 e. The summed E-state index contributed by atoms with van der Waals surface area (Å²) in [4.78, 5) is 3.34. The lowest BCUT2D eigenvalue weighted by Gasteiger charge is -2.22. The van der Waals surface area contributed by atoms with Crippen molar-refractivity contribution in [2.75, 3.05) is 7.11 Å². The van der Waals surface area contributed by atoms with E-state index in [1.54, 1.807) is 18.4 Å². The Morgan fingerprint density at radius 2 is 1.75 bits per heavy atom. The Hall–Kier alpha value is -3.24. The number of benzene rings is 2. The number of nitrogens with zero attached hydrogens (tertiary/aromatic N) is 5. The Bertz CT molecular complexity index is 1140. The van der Waals surface area contributed by atoms with Crippen LogP contribution in [0.4, 0.5) is 13.2 Å². The van der Waals surface area contributed by atoms with Gasteiger partial charge in [-0.2, -0.15) is 17.9 Å². The predicted octanol–water partition coefficient (Wildman–Crippen LogP) is 4.95. The summed E-state index contributed by atoms with van der Waals surface area (Å²) < 4.78 is 45.6. The number of methoxy groups -OCH3 is 1. The second kappa shape index (κ2) is 9.49. The van der Waals surface area contributed by atoms with Crippen LogP contribution in [0, 0.1) is 0 Å². The summed E-state index contributed by atoms with van der Waals surface area (Å²) in [5, 5.41) is 13.9. The molecule has 0 aliphatic rings. The summed E-state index contributed by atoms with van der Waals surface area (Å²) in [6.45, 7) is 1.64. The molecule has 0 N–H and O–H groups in total. The highest BCUT2D eigenvalue weighted by Gasteiger charge is 2.30. The summed E-state index contributed by atoms with van der Waals surface area (Å²) in [7, 11) is 1.63. The lowest BCUT2D eigenvalue weighted by Crippen LogP contribution is -2.24. The first kappa shape index (κ1) is 22.0. The van der Waals surface area contributed by atoms with E-state index in [0.717, 1.165) is 23.4 Å². The molecule has 166 valence electrons. The molecule has 0 unspecified atom stereocenters. The van der Waals surface area contributed by atoms with Crippen molar-refractivity contribution in [3.63, 3.8) is 0 Å². The third-order valence-electron chi connectivity index (χ3n) is 4.88. The maximum atomic E-state index is 12.9. The molecule has 2 aromatic carbocycles. The zero-order valence-electron chi connectivity index (χ0n) is 17.2. The van der Waals surface area contributed by atoms with Crippen LogP contribution < -0.4 is 4.74 Å². The van der Waals surface area contributed by atoms with Crippen molar-refractivity contribution in [2.45, 2.75) is 25.8 Å². The molecule has 10 heteroatoms. The van der Waals surface area contributed by atoms with Gasteiger partial charge in [0.1, 0.15) is 5.75 Å². The lowest BCUT2D eigenvalue weighted by molar-refractivity contribution is -0.137. The van der Waals surface area contributed by atoms with E-state index in [1.165, 1.54) is 21.7 Å². The minimum absolute atomic E-state index is 0.393. The smallest absolute Gasteiger partial charge is 0.416 e. The molecular formula is C22H20F3N5OS. The van der Waals surface area contributed by atoms with Crippen molar-refractivity contribution in [2.24, 2.45) is 0 Å². The van der Waals surface area contributed by atoms with Gasteiger partial charge in [0.2, 0.25) is 0 Å². The quantitative estimate of drug-likeness (QED) is 0.373. The molecule has 0 fully saturated rings. The fourth-order valence-electron chi connectivity index (χ4n) is 3.36. The van der Waals surface area contributed by atoms with Gasteiger partial charge in [-0.3, -0.25) is 4.90 Å². The van der Waals surface area contributed by atoms with Gasteiger partial charge in [0.15, 0.2) is 5.82 Å². The van der Waals surface area contributed by atoms with Crippen LogP contribution in [0.2, 0.25) is 0 Å². The molecule has 32 heavy (non-hydrogen) atoms. The van der Waals surface area contributed by atoms with E-state index in [9.17, 15) is 13.2 Å². The molecular weight excluding hydrogens is 439 g/mol. The second-order valence-corrected chi connectivity index (χ2v) is 8.12. The van der Waals surface area contributed by atoms with E-state index in [1.807, 2.05) is 35.7 Å². The molecule has 2 heterocycles. The molecule has 0 aliphatic heterocycles. The number of aromatic nitrogens is 4. The third-order valence-corrected chi connectivity index (χ3v) is 5.75. The van der Waals surface area contributed by atoms with Crippen molar-refractivity contribution >= 4 is 11.3 Å². The van der Waals surface area contributed by atoms with Gasteiger partial charge in [-0.1, -0.05) is 24.3 Å².